The Morgan fingerprint density at radius 1 is 1.38 bits per heavy atom. The summed E-state index contributed by atoms with van der Waals surface area (Å²) in [6.07, 6.45) is -0.0177. The monoisotopic (exact) mass is 290 g/mol. The number of nitrogens with one attached hydrogen (secondary N) is 1. The van der Waals surface area contributed by atoms with E-state index in [1.165, 1.54) is 6.07 Å². The molecule has 0 spiro atoms. The molecule has 0 saturated heterocycles. The number of benzene rings is 1. The number of carboxylic acids is 1. The van der Waals surface area contributed by atoms with E-state index in [1.807, 2.05) is 0 Å². The van der Waals surface area contributed by atoms with Crippen LogP contribution in [0.3, 0.4) is 0 Å². The van der Waals surface area contributed by atoms with Crippen molar-refractivity contribution in [3.63, 3.8) is 0 Å². The first kappa shape index (κ1) is 14.9. The maximum atomic E-state index is 13.6. The second-order valence-electron chi connectivity index (χ2n) is 4.84. The number of halogens is 1. The number of aryl methyl sites for hydroxylation is 2. The van der Waals surface area contributed by atoms with Gasteiger partial charge < -0.3 is 10.1 Å². The molecule has 1 aromatic heterocycles. The minimum atomic E-state index is -0.974. The summed E-state index contributed by atoms with van der Waals surface area (Å²) in [6.45, 7) is 3.29. The summed E-state index contributed by atoms with van der Waals surface area (Å²) >= 11 is 0. The summed E-state index contributed by atoms with van der Waals surface area (Å²) in [4.78, 5) is 29.4. The summed E-state index contributed by atoms with van der Waals surface area (Å²) in [7, 11) is 0. The summed E-state index contributed by atoms with van der Waals surface area (Å²) in [6, 6.07) is 4.59. The minimum absolute atomic E-state index is 0.117. The van der Waals surface area contributed by atoms with Crippen LogP contribution in [-0.4, -0.2) is 21.0 Å². The molecule has 0 aliphatic heterocycles. The molecular formula is C15H15FN2O3. The van der Waals surface area contributed by atoms with E-state index in [0.29, 0.717) is 22.4 Å². The Labute approximate surface area is 120 Å². The second kappa shape index (κ2) is 5.87. The third-order valence-corrected chi connectivity index (χ3v) is 3.26. The topological polar surface area (TPSA) is 83.0 Å². The molecule has 21 heavy (non-hydrogen) atoms. The number of rotatable bonds is 4. The SMILES string of the molecule is Cc1ccc(-c2nc(C)c(CCC(=O)O)c(=O)[nH]2)cc1F. The predicted octanol–water partition coefficient (Wildman–Crippen LogP) is 2.21. The first-order valence-electron chi connectivity index (χ1n) is 6.46. The van der Waals surface area contributed by atoms with Gasteiger partial charge in [0.2, 0.25) is 0 Å². The smallest absolute Gasteiger partial charge is 0.303 e. The quantitative estimate of drug-likeness (QED) is 0.904. The van der Waals surface area contributed by atoms with E-state index in [-0.39, 0.29) is 30.0 Å². The first-order chi connectivity index (χ1) is 9.88. The molecule has 2 N–H and O–H groups in total. The van der Waals surface area contributed by atoms with Gasteiger partial charge in [-0.25, -0.2) is 9.37 Å². The van der Waals surface area contributed by atoms with Gasteiger partial charge in [0, 0.05) is 23.2 Å². The van der Waals surface area contributed by atoms with E-state index < -0.39 is 5.97 Å². The molecule has 1 heterocycles. The van der Waals surface area contributed by atoms with Crippen molar-refractivity contribution in [1.29, 1.82) is 0 Å². The molecule has 2 aromatic rings. The maximum Gasteiger partial charge on any atom is 0.303 e. The van der Waals surface area contributed by atoms with Crippen LogP contribution in [0.25, 0.3) is 11.4 Å². The van der Waals surface area contributed by atoms with Gasteiger partial charge in [0.1, 0.15) is 11.6 Å². The number of hydrogen-bond acceptors (Lipinski definition) is 3. The fourth-order valence-corrected chi connectivity index (χ4v) is 2.01. The van der Waals surface area contributed by atoms with Gasteiger partial charge in [0.05, 0.1) is 0 Å². The van der Waals surface area contributed by atoms with Gasteiger partial charge in [0.25, 0.3) is 5.56 Å². The van der Waals surface area contributed by atoms with Crippen molar-refractivity contribution >= 4 is 5.97 Å². The van der Waals surface area contributed by atoms with Crippen molar-refractivity contribution in [2.24, 2.45) is 0 Å². The van der Waals surface area contributed by atoms with Crippen LogP contribution >= 0.6 is 0 Å². The Morgan fingerprint density at radius 3 is 2.67 bits per heavy atom. The van der Waals surface area contributed by atoms with Crippen molar-refractivity contribution in [3.05, 3.63) is 51.2 Å². The van der Waals surface area contributed by atoms with Gasteiger partial charge in [-0.3, -0.25) is 9.59 Å². The molecule has 1 aromatic carbocycles. The van der Waals surface area contributed by atoms with Crippen LogP contribution in [0.5, 0.6) is 0 Å². The van der Waals surface area contributed by atoms with Crippen LogP contribution in [0, 0.1) is 19.7 Å². The van der Waals surface area contributed by atoms with Crippen LogP contribution in [0.2, 0.25) is 0 Å². The van der Waals surface area contributed by atoms with Crippen molar-refractivity contribution in [1.82, 2.24) is 9.97 Å². The Morgan fingerprint density at radius 2 is 2.10 bits per heavy atom. The fourth-order valence-electron chi connectivity index (χ4n) is 2.01. The molecule has 2 rings (SSSR count). The highest BCUT2D eigenvalue weighted by Gasteiger charge is 2.12. The lowest BCUT2D eigenvalue weighted by Crippen LogP contribution is -2.18. The van der Waals surface area contributed by atoms with Crippen molar-refractivity contribution in [3.8, 4) is 11.4 Å². The number of carboxylic acid groups (broad SMARTS) is 1. The van der Waals surface area contributed by atoms with Crippen molar-refractivity contribution < 1.29 is 14.3 Å². The third kappa shape index (κ3) is 3.34. The minimum Gasteiger partial charge on any atom is -0.481 e. The molecule has 110 valence electrons. The van der Waals surface area contributed by atoms with Crippen molar-refractivity contribution in [2.45, 2.75) is 26.7 Å². The average Bonchev–Trinajstić information content (AvgIpc) is 2.40. The Hall–Kier alpha value is -2.50. The number of aromatic amines is 1. The average molecular weight is 290 g/mol. The predicted molar refractivity (Wildman–Crippen MR) is 75.7 cm³/mol. The first-order valence-corrected chi connectivity index (χ1v) is 6.46. The van der Waals surface area contributed by atoms with E-state index in [2.05, 4.69) is 9.97 Å². The largest absolute Gasteiger partial charge is 0.481 e. The van der Waals surface area contributed by atoms with Crippen LogP contribution in [-0.2, 0) is 11.2 Å². The van der Waals surface area contributed by atoms with Crippen LogP contribution in [0.4, 0.5) is 4.39 Å². The molecule has 0 aliphatic rings. The number of hydrogen-bond donors (Lipinski definition) is 2. The zero-order valence-corrected chi connectivity index (χ0v) is 11.7. The van der Waals surface area contributed by atoms with Gasteiger partial charge in [-0.05, 0) is 31.9 Å². The lowest BCUT2D eigenvalue weighted by atomic mass is 10.1. The summed E-state index contributed by atoms with van der Waals surface area (Å²) in [5, 5.41) is 8.67. The van der Waals surface area contributed by atoms with E-state index in [1.54, 1.807) is 26.0 Å². The lowest BCUT2D eigenvalue weighted by Gasteiger charge is -2.07. The van der Waals surface area contributed by atoms with Gasteiger partial charge in [0.15, 0.2) is 0 Å². The highest BCUT2D eigenvalue weighted by Crippen LogP contribution is 2.18. The second-order valence-corrected chi connectivity index (χ2v) is 4.84. The van der Waals surface area contributed by atoms with Crippen LogP contribution < -0.4 is 5.56 Å². The zero-order valence-electron chi connectivity index (χ0n) is 11.7. The van der Waals surface area contributed by atoms with E-state index in [0.717, 1.165) is 0 Å². The molecular weight excluding hydrogens is 275 g/mol. The Kier molecular flexibility index (Phi) is 4.16. The van der Waals surface area contributed by atoms with Gasteiger partial charge in [-0.1, -0.05) is 12.1 Å². The molecule has 0 bridgehead atoms. The highest BCUT2D eigenvalue weighted by molar-refractivity contribution is 5.67. The Balaban J connectivity index is 2.41. The highest BCUT2D eigenvalue weighted by atomic mass is 19.1. The van der Waals surface area contributed by atoms with Crippen LogP contribution in [0.15, 0.2) is 23.0 Å². The number of aromatic nitrogens is 2. The molecule has 6 heteroatoms. The number of H-pyrrole nitrogens is 1. The maximum absolute atomic E-state index is 13.6. The van der Waals surface area contributed by atoms with E-state index in [9.17, 15) is 14.0 Å². The number of nitrogens with zero attached hydrogens (tertiary/aromatic N) is 1. The van der Waals surface area contributed by atoms with Gasteiger partial charge in [-0.2, -0.15) is 0 Å². The number of aliphatic carboxylic acids is 1. The summed E-state index contributed by atoms with van der Waals surface area (Å²) in [5.41, 5.74) is 1.39. The van der Waals surface area contributed by atoms with E-state index >= 15 is 0 Å². The van der Waals surface area contributed by atoms with Crippen LogP contribution in [0.1, 0.15) is 23.2 Å². The molecule has 0 unspecified atom stereocenters. The molecule has 0 saturated carbocycles. The molecule has 0 atom stereocenters. The van der Waals surface area contributed by atoms with Gasteiger partial charge >= 0.3 is 5.97 Å². The standard InChI is InChI=1S/C15H15FN2O3/c1-8-3-4-10(7-12(8)16)14-17-9(2)11(15(21)18-14)5-6-13(19)20/h3-4,7H,5-6H2,1-2H3,(H,19,20)(H,17,18,21). The fraction of sp³-hybridized carbons (Fsp3) is 0.267. The molecule has 0 amide bonds. The third-order valence-electron chi connectivity index (χ3n) is 3.26. The summed E-state index contributed by atoms with van der Waals surface area (Å²) < 4.78 is 13.6. The molecule has 0 fully saturated rings. The Bertz CT molecular complexity index is 753. The van der Waals surface area contributed by atoms with E-state index in [4.69, 9.17) is 5.11 Å². The summed E-state index contributed by atoms with van der Waals surface area (Å²) in [5.74, 6) is -1.07. The van der Waals surface area contributed by atoms with Crippen molar-refractivity contribution in [2.75, 3.05) is 0 Å². The molecule has 0 radical (unpaired) electrons. The van der Waals surface area contributed by atoms with Gasteiger partial charge in [-0.15, -0.1) is 0 Å². The lowest BCUT2D eigenvalue weighted by molar-refractivity contribution is -0.136. The molecule has 0 aliphatic carbocycles. The zero-order chi connectivity index (χ0) is 15.6. The number of carbonyl (C=O) groups is 1. The normalized spacial score (nSPS) is 10.6. The molecule has 5 nitrogen and oxygen atoms in total.